The van der Waals surface area contributed by atoms with Crippen LogP contribution in [0.25, 0.3) is 0 Å². The molecule has 0 heterocycles. The van der Waals surface area contributed by atoms with Gasteiger partial charge in [-0.3, -0.25) is 4.99 Å². The molecule has 0 radical (unpaired) electrons. The van der Waals surface area contributed by atoms with E-state index in [0.717, 1.165) is 30.2 Å². The third-order valence-corrected chi connectivity index (χ3v) is 2.19. The molecule has 0 aromatic heterocycles. The van der Waals surface area contributed by atoms with Crippen LogP contribution in [0.4, 0.5) is 0 Å². The number of ether oxygens (including phenoxy) is 1. The van der Waals surface area contributed by atoms with Crippen molar-refractivity contribution in [3.8, 4) is 5.75 Å². The first-order valence-corrected chi connectivity index (χ1v) is 5.36. The first-order valence-electron chi connectivity index (χ1n) is 5.36. The molecule has 2 heteroatoms. The second kappa shape index (κ2) is 6.23. The molecule has 0 aliphatic carbocycles. The smallest absolute Gasteiger partial charge is 0.118 e. The first-order chi connectivity index (χ1) is 7.22. The number of aliphatic imine (C=N–C) groups is 1. The summed E-state index contributed by atoms with van der Waals surface area (Å²) < 4.78 is 5.08. The molecule has 15 heavy (non-hydrogen) atoms. The number of benzene rings is 1. The second-order valence-corrected chi connectivity index (χ2v) is 3.99. The van der Waals surface area contributed by atoms with E-state index in [4.69, 9.17) is 4.74 Å². The Bertz CT molecular complexity index is 301. The van der Waals surface area contributed by atoms with Crippen LogP contribution in [0.15, 0.2) is 29.3 Å². The van der Waals surface area contributed by atoms with Crippen molar-refractivity contribution < 1.29 is 4.74 Å². The molecule has 2 nitrogen and oxygen atoms in total. The molecule has 0 saturated heterocycles. The standard InChI is InChI=1S/C13H19NO/c1-11(2)8-9-14-10-12-4-6-13(15-3)7-5-12/h4-7,10-11H,8-9H2,1-3H3/b14-10+. The topological polar surface area (TPSA) is 21.6 Å². The fourth-order valence-electron chi connectivity index (χ4n) is 1.19. The summed E-state index contributed by atoms with van der Waals surface area (Å²) in [5.74, 6) is 1.60. The molecule has 0 bridgehead atoms. The lowest BCUT2D eigenvalue weighted by Gasteiger charge is -2.00. The van der Waals surface area contributed by atoms with Gasteiger partial charge in [-0.05, 0) is 42.2 Å². The Labute approximate surface area is 92.0 Å². The number of hydrogen-bond acceptors (Lipinski definition) is 2. The highest BCUT2D eigenvalue weighted by Crippen LogP contribution is 2.09. The summed E-state index contributed by atoms with van der Waals surface area (Å²) in [6, 6.07) is 7.92. The van der Waals surface area contributed by atoms with E-state index >= 15 is 0 Å². The highest BCUT2D eigenvalue weighted by atomic mass is 16.5. The van der Waals surface area contributed by atoms with Crippen LogP contribution in [0.2, 0.25) is 0 Å². The molecule has 0 fully saturated rings. The minimum Gasteiger partial charge on any atom is -0.497 e. The molecule has 0 unspecified atom stereocenters. The van der Waals surface area contributed by atoms with Crippen molar-refractivity contribution in [3.05, 3.63) is 29.8 Å². The predicted octanol–water partition coefficient (Wildman–Crippen LogP) is 3.16. The average Bonchev–Trinajstić information content (AvgIpc) is 2.25. The molecule has 0 aliphatic rings. The first kappa shape index (κ1) is 11.8. The second-order valence-electron chi connectivity index (χ2n) is 3.99. The van der Waals surface area contributed by atoms with Crippen LogP contribution in [0, 0.1) is 5.92 Å². The summed E-state index contributed by atoms with van der Waals surface area (Å²) in [7, 11) is 1.67. The van der Waals surface area contributed by atoms with E-state index in [-0.39, 0.29) is 0 Å². The maximum Gasteiger partial charge on any atom is 0.118 e. The minimum absolute atomic E-state index is 0.720. The van der Waals surface area contributed by atoms with Gasteiger partial charge in [0.1, 0.15) is 5.75 Å². The maximum atomic E-state index is 5.08. The summed E-state index contributed by atoms with van der Waals surface area (Å²) in [4.78, 5) is 4.37. The molecule has 0 spiro atoms. The summed E-state index contributed by atoms with van der Waals surface area (Å²) in [5, 5.41) is 0. The maximum absolute atomic E-state index is 5.08. The van der Waals surface area contributed by atoms with Crippen LogP contribution in [0.5, 0.6) is 5.75 Å². The Kier molecular flexibility index (Phi) is 4.88. The average molecular weight is 205 g/mol. The zero-order chi connectivity index (χ0) is 11.1. The van der Waals surface area contributed by atoms with Gasteiger partial charge in [0.05, 0.1) is 7.11 Å². The molecule has 82 valence electrons. The monoisotopic (exact) mass is 205 g/mol. The van der Waals surface area contributed by atoms with Crippen molar-refractivity contribution in [1.82, 2.24) is 0 Å². The number of rotatable bonds is 5. The summed E-state index contributed by atoms with van der Waals surface area (Å²) >= 11 is 0. The van der Waals surface area contributed by atoms with Crippen LogP contribution < -0.4 is 4.74 Å². The lowest BCUT2D eigenvalue weighted by atomic mass is 10.1. The number of nitrogens with zero attached hydrogens (tertiary/aromatic N) is 1. The van der Waals surface area contributed by atoms with E-state index in [9.17, 15) is 0 Å². The van der Waals surface area contributed by atoms with E-state index in [2.05, 4.69) is 18.8 Å². The summed E-state index contributed by atoms with van der Waals surface area (Å²) in [6.07, 6.45) is 3.06. The fourth-order valence-corrected chi connectivity index (χ4v) is 1.19. The van der Waals surface area contributed by atoms with E-state index < -0.39 is 0 Å². The molecule has 0 aliphatic heterocycles. The van der Waals surface area contributed by atoms with Gasteiger partial charge < -0.3 is 4.74 Å². The van der Waals surface area contributed by atoms with Crippen molar-refractivity contribution in [2.75, 3.05) is 13.7 Å². The Balaban J connectivity index is 2.43. The van der Waals surface area contributed by atoms with Crippen molar-refractivity contribution in [1.29, 1.82) is 0 Å². The Morgan fingerprint density at radius 2 is 1.93 bits per heavy atom. The summed E-state index contributed by atoms with van der Waals surface area (Å²) in [6.45, 7) is 5.33. The van der Waals surface area contributed by atoms with Crippen LogP contribution in [-0.4, -0.2) is 19.9 Å². The van der Waals surface area contributed by atoms with Crippen LogP contribution in [0.1, 0.15) is 25.8 Å². The molecule has 1 aromatic carbocycles. The Morgan fingerprint density at radius 3 is 2.47 bits per heavy atom. The van der Waals surface area contributed by atoms with Crippen LogP contribution in [0.3, 0.4) is 0 Å². The highest BCUT2D eigenvalue weighted by molar-refractivity contribution is 5.79. The molecule has 1 aromatic rings. The molecule has 0 amide bonds. The molecule has 0 N–H and O–H groups in total. The van der Waals surface area contributed by atoms with Crippen LogP contribution >= 0.6 is 0 Å². The van der Waals surface area contributed by atoms with Crippen molar-refractivity contribution in [2.24, 2.45) is 10.9 Å². The zero-order valence-corrected chi connectivity index (χ0v) is 9.73. The third-order valence-electron chi connectivity index (χ3n) is 2.19. The molecule has 0 saturated carbocycles. The van der Waals surface area contributed by atoms with Gasteiger partial charge in [0, 0.05) is 12.8 Å². The summed E-state index contributed by atoms with van der Waals surface area (Å²) in [5.41, 5.74) is 1.12. The van der Waals surface area contributed by atoms with Gasteiger partial charge in [0.15, 0.2) is 0 Å². The van der Waals surface area contributed by atoms with Crippen molar-refractivity contribution in [3.63, 3.8) is 0 Å². The van der Waals surface area contributed by atoms with E-state index in [1.807, 2.05) is 30.5 Å². The quantitative estimate of drug-likeness (QED) is 0.677. The number of methoxy groups -OCH3 is 1. The number of hydrogen-bond donors (Lipinski definition) is 0. The van der Waals surface area contributed by atoms with Gasteiger partial charge in [-0.25, -0.2) is 0 Å². The Morgan fingerprint density at radius 1 is 1.27 bits per heavy atom. The fraction of sp³-hybridized carbons (Fsp3) is 0.462. The molecular formula is C13H19NO. The lowest BCUT2D eigenvalue weighted by Crippen LogP contribution is -1.91. The molecule has 0 atom stereocenters. The van der Waals surface area contributed by atoms with Gasteiger partial charge in [-0.1, -0.05) is 13.8 Å². The van der Waals surface area contributed by atoms with Gasteiger partial charge >= 0.3 is 0 Å². The minimum atomic E-state index is 0.720. The lowest BCUT2D eigenvalue weighted by molar-refractivity contribution is 0.415. The third kappa shape index (κ3) is 4.63. The van der Waals surface area contributed by atoms with E-state index in [1.165, 1.54) is 0 Å². The largest absolute Gasteiger partial charge is 0.497 e. The van der Waals surface area contributed by atoms with Gasteiger partial charge in [-0.15, -0.1) is 0 Å². The molecular weight excluding hydrogens is 186 g/mol. The SMILES string of the molecule is COc1ccc(/C=N/CCC(C)C)cc1. The predicted molar refractivity (Wildman–Crippen MR) is 64.9 cm³/mol. The van der Waals surface area contributed by atoms with Gasteiger partial charge in [0.2, 0.25) is 0 Å². The zero-order valence-electron chi connectivity index (χ0n) is 9.73. The highest BCUT2D eigenvalue weighted by Gasteiger charge is 1.92. The molecule has 1 rings (SSSR count). The van der Waals surface area contributed by atoms with E-state index in [0.29, 0.717) is 0 Å². The Hall–Kier alpha value is -1.31. The normalized spacial score (nSPS) is 11.2. The van der Waals surface area contributed by atoms with Gasteiger partial charge in [0.25, 0.3) is 0 Å². The van der Waals surface area contributed by atoms with E-state index in [1.54, 1.807) is 7.11 Å². The van der Waals surface area contributed by atoms with Gasteiger partial charge in [-0.2, -0.15) is 0 Å². The van der Waals surface area contributed by atoms with Crippen LogP contribution in [-0.2, 0) is 0 Å². The van der Waals surface area contributed by atoms with Crippen molar-refractivity contribution in [2.45, 2.75) is 20.3 Å². The van der Waals surface area contributed by atoms with Crippen molar-refractivity contribution >= 4 is 6.21 Å².